The number of carbonyl (C=O) groups excluding carboxylic acids is 1. The Balaban J connectivity index is 1.28. The molecule has 1 amide bonds. The van der Waals surface area contributed by atoms with E-state index in [4.69, 9.17) is 0 Å². The van der Waals surface area contributed by atoms with Gasteiger partial charge >= 0.3 is 0 Å². The first-order valence-corrected chi connectivity index (χ1v) is 10.6. The van der Waals surface area contributed by atoms with Gasteiger partial charge in [0, 0.05) is 25.7 Å². The minimum absolute atomic E-state index is 0.187. The number of amides is 1. The lowest BCUT2D eigenvalue weighted by atomic mass is 9.78. The molecule has 2 fully saturated rings. The highest BCUT2D eigenvalue weighted by Gasteiger charge is 2.49. The number of carbonyl (C=O) groups is 1. The summed E-state index contributed by atoms with van der Waals surface area (Å²) in [4.78, 5) is 17.8. The summed E-state index contributed by atoms with van der Waals surface area (Å²) < 4.78 is 26.8. The Kier molecular flexibility index (Phi) is 4.66. The smallest absolute Gasteiger partial charge is 0.230 e. The predicted octanol–water partition coefficient (Wildman–Crippen LogP) is 3.95. The molecule has 1 aliphatic carbocycles. The molecule has 5 heteroatoms. The van der Waals surface area contributed by atoms with Gasteiger partial charge in [0.2, 0.25) is 5.91 Å². The molecule has 3 nitrogen and oxygen atoms in total. The van der Waals surface area contributed by atoms with Crippen molar-refractivity contribution in [3.8, 4) is 0 Å². The van der Waals surface area contributed by atoms with Crippen molar-refractivity contribution >= 4 is 5.91 Å². The molecule has 2 saturated heterocycles. The van der Waals surface area contributed by atoms with Crippen LogP contribution in [0.15, 0.2) is 42.5 Å². The first-order valence-electron chi connectivity index (χ1n) is 10.6. The number of benzene rings is 2. The molecule has 0 saturated carbocycles. The fourth-order valence-electron chi connectivity index (χ4n) is 5.55. The lowest BCUT2D eigenvalue weighted by Crippen LogP contribution is -2.50. The lowest BCUT2D eigenvalue weighted by molar-refractivity contribution is -0.146. The number of rotatable bonds is 3. The Morgan fingerprint density at radius 3 is 2.45 bits per heavy atom. The van der Waals surface area contributed by atoms with E-state index in [1.54, 1.807) is 6.07 Å². The van der Waals surface area contributed by atoms with Crippen LogP contribution in [0.2, 0.25) is 0 Å². The Labute approximate surface area is 170 Å². The molecule has 3 aliphatic rings. The second-order valence-corrected chi connectivity index (χ2v) is 8.91. The molecule has 0 bridgehead atoms. The van der Waals surface area contributed by atoms with Crippen LogP contribution in [0.25, 0.3) is 0 Å². The first-order chi connectivity index (χ1) is 14.0. The van der Waals surface area contributed by atoms with Crippen molar-refractivity contribution in [3.63, 3.8) is 0 Å². The van der Waals surface area contributed by atoms with Gasteiger partial charge in [-0.1, -0.05) is 30.3 Å². The zero-order chi connectivity index (χ0) is 20.0. The highest BCUT2D eigenvalue weighted by molar-refractivity contribution is 5.84. The van der Waals surface area contributed by atoms with Crippen molar-refractivity contribution in [1.29, 1.82) is 0 Å². The summed E-state index contributed by atoms with van der Waals surface area (Å²) in [6.07, 6.45) is 4.93. The number of hydrogen-bond acceptors (Lipinski definition) is 2. The fraction of sp³-hybridized carbons (Fsp3) is 0.458. The maximum absolute atomic E-state index is 13.6. The van der Waals surface area contributed by atoms with E-state index in [0.717, 1.165) is 51.3 Å². The zero-order valence-electron chi connectivity index (χ0n) is 16.5. The highest BCUT2D eigenvalue weighted by atomic mass is 19.2. The molecule has 152 valence electrons. The van der Waals surface area contributed by atoms with Gasteiger partial charge in [-0.05, 0) is 67.5 Å². The van der Waals surface area contributed by atoms with Gasteiger partial charge < -0.3 is 4.90 Å². The topological polar surface area (TPSA) is 23.6 Å². The Bertz CT molecular complexity index is 921. The van der Waals surface area contributed by atoms with Crippen molar-refractivity contribution < 1.29 is 13.6 Å². The third-order valence-electron chi connectivity index (χ3n) is 7.11. The molecule has 1 atom stereocenters. The number of nitrogens with zero attached hydrogens (tertiary/aromatic N) is 2. The number of likely N-dealkylation sites (tertiary alicyclic amines) is 2. The van der Waals surface area contributed by atoms with E-state index in [0.29, 0.717) is 24.7 Å². The first kappa shape index (κ1) is 18.7. The Morgan fingerprint density at radius 2 is 1.72 bits per heavy atom. The summed E-state index contributed by atoms with van der Waals surface area (Å²) in [5.74, 6) is -1.51. The monoisotopic (exact) mass is 396 g/mol. The summed E-state index contributed by atoms with van der Waals surface area (Å²) in [6, 6.07) is 13.1. The Hall–Kier alpha value is -2.27. The quantitative estimate of drug-likeness (QED) is 0.785. The van der Waals surface area contributed by atoms with Crippen molar-refractivity contribution in [1.82, 2.24) is 9.80 Å². The van der Waals surface area contributed by atoms with Crippen LogP contribution in [-0.4, -0.2) is 41.4 Å². The van der Waals surface area contributed by atoms with Gasteiger partial charge in [0.15, 0.2) is 11.6 Å². The number of halogens is 2. The molecule has 2 aromatic rings. The van der Waals surface area contributed by atoms with E-state index in [1.165, 1.54) is 17.2 Å². The zero-order valence-corrected chi connectivity index (χ0v) is 16.5. The summed E-state index contributed by atoms with van der Waals surface area (Å²) in [7, 11) is 0. The van der Waals surface area contributed by atoms with Gasteiger partial charge in [0.1, 0.15) is 0 Å². The standard InChI is InChI=1S/C24H26F2N2O/c25-21-7-6-17(12-22(21)26)15-27-10-3-8-24(23(27)29)9-11-28(16-24)20-13-18-4-1-2-5-19(18)14-20/h1-2,4-7,12,20H,3,8-11,13-16H2/t24-/m1/s1. The SMILES string of the molecule is O=C1N(Cc2ccc(F)c(F)c2)CCC[C@]12CCN(C1Cc3ccccc3C1)C2. The second-order valence-electron chi connectivity index (χ2n) is 8.91. The molecule has 2 aromatic carbocycles. The third kappa shape index (κ3) is 3.35. The number of hydrogen-bond donors (Lipinski definition) is 0. The molecule has 29 heavy (non-hydrogen) atoms. The van der Waals surface area contributed by atoms with Crippen LogP contribution in [0.4, 0.5) is 8.78 Å². The maximum atomic E-state index is 13.6. The normalized spacial score (nSPS) is 25.2. The molecule has 2 heterocycles. The molecular formula is C24H26F2N2O. The average Bonchev–Trinajstić information content (AvgIpc) is 3.33. The van der Waals surface area contributed by atoms with Crippen LogP contribution >= 0.6 is 0 Å². The van der Waals surface area contributed by atoms with E-state index in [2.05, 4.69) is 29.2 Å². The lowest BCUT2D eigenvalue weighted by Gasteiger charge is -2.40. The van der Waals surface area contributed by atoms with Crippen LogP contribution in [0, 0.1) is 17.0 Å². The van der Waals surface area contributed by atoms with Gasteiger partial charge in [-0.15, -0.1) is 0 Å². The van der Waals surface area contributed by atoms with Crippen LogP contribution < -0.4 is 0 Å². The molecule has 0 aromatic heterocycles. The average molecular weight is 396 g/mol. The maximum Gasteiger partial charge on any atom is 0.230 e. The molecule has 0 unspecified atom stereocenters. The minimum Gasteiger partial charge on any atom is -0.338 e. The minimum atomic E-state index is -0.852. The van der Waals surface area contributed by atoms with E-state index in [1.807, 2.05) is 4.90 Å². The van der Waals surface area contributed by atoms with Crippen molar-refractivity contribution in [2.24, 2.45) is 5.41 Å². The summed E-state index contributed by atoms with van der Waals surface area (Å²) in [6.45, 7) is 2.82. The van der Waals surface area contributed by atoms with Gasteiger partial charge in [0.25, 0.3) is 0 Å². The van der Waals surface area contributed by atoms with Crippen LogP contribution in [0.1, 0.15) is 36.0 Å². The van der Waals surface area contributed by atoms with Gasteiger partial charge in [-0.2, -0.15) is 0 Å². The van der Waals surface area contributed by atoms with Gasteiger partial charge in [-0.3, -0.25) is 9.69 Å². The van der Waals surface area contributed by atoms with Crippen LogP contribution in [0.3, 0.4) is 0 Å². The van der Waals surface area contributed by atoms with E-state index in [-0.39, 0.29) is 11.3 Å². The fourth-order valence-corrected chi connectivity index (χ4v) is 5.55. The molecule has 0 N–H and O–H groups in total. The highest BCUT2D eigenvalue weighted by Crippen LogP contribution is 2.42. The van der Waals surface area contributed by atoms with E-state index in [9.17, 15) is 13.6 Å². The largest absolute Gasteiger partial charge is 0.338 e. The van der Waals surface area contributed by atoms with Gasteiger partial charge in [-0.25, -0.2) is 8.78 Å². The van der Waals surface area contributed by atoms with Gasteiger partial charge in [0.05, 0.1) is 5.41 Å². The molecular weight excluding hydrogens is 370 g/mol. The number of fused-ring (bicyclic) bond motifs is 1. The number of piperidine rings is 1. The summed E-state index contributed by atoms with van der Waals surface area (Å²) >= 11 is 0. The van der Waals surface area contributed by atoms with Crippen molar-refractivity contribution in [2.45, 2.75) is 44.7 Å². The summed E-state index contributed by atoms with van der Waals surface area (Å²) in [5.41, 5.74) is 3.21. The third-order valence-corrected chi connectivity index (χ3v) is 7.11. The van der Waals surface area contributed by atoms with Crippen LogP contribution in [-0.2, 0) is 24.2 Å². The van der Waals surface area contributed by atoms with Crippen LogP contribution in [0.5, 0.6) is 0 Å². The molecule has 2 aliphatic heterocycles. The summed E-state index contributed by atoms with van der Waals surface area (Å²) in [5, 5.41) is 0. The van der Waals surface area contributed by atoms with Crippen molar-refractivity contribution in [3.05, 3.63) is 70.8 Å². The van der Waals surface area contributed by atoms with Crippen molar-refractivity contribution in [2.75, 3.05) is 19.6 Å². The predicted molar refractivity (Wildman–Crippen MR) is 107 cm³/mol. The molecule has 5 rings (SSSR count). The molecule has 1 spiro atoms. The Morgan fingerprint density at radius 1 is 0.966 bits per heavy atom. The van der Waals surface area contributed by atoms with E-state index >= 15 is 0 Å². The second kappa shape index (κ2) is 7.21. The molecule has 0 radical (unpaired) electrons. The van der Waals surface area contributed by atoms with E-state index < -0.39 is 11.6 Å².